The number of carbonyl (C=O) groups is 3. The highest BCUT2D eigenvalue weighted by molar-refractivity contribution is 6.07. The molecule has 0 aromatic heterocycles. The van der Waals surface area contributed by atoms with Gasteiger partial charge in [0.2, 0.25) is 11.8 Å². The van der Waals surface area contributed by atoms with Gasteiger partial charge in [0.05, 0.1) is 18.4 Å². The van der Waals surface area contributed by atoms with Gasteiger partial charge < -0.3 is 4.74 Å². The number of rotatable bonds is 12. The minimum absolute atomic E-state index is 0.0218. The van der Waals surface area contributed by atoms with E-state index in [0.717, 1.165) is 32.1 Å². The maximum absolute atomic E-state index is 13.6. The highest BCUT2D eigenvalue weighted by Crippen LogP contribution is 2.60. The van der Waals surface area contributed by atoms with E-state index in [0.29, 0.717) is 19.6 Å². The van der Waals surface area contributed by atoms with Gasteiger partial charge in [-0.25, -0.2) is 0 Å². The van der Waals surface area contributed by atoms with Crippen LogP contribution in [0.5, 0.6) is 0 Å². The monoisotopic (exact) mass is 487 g/mol. The molecule has 5 heteroatoms. The van der Waals surface area contributed by atoms with Crippen molar-refractivity contribution >= 4 is 17.8 Å². The molecule has 5 nitrogen and oxygen atoms in total. The van der Waals surface area contributed by atoms with Gasteiger partial charge in [-0.15, -0.1) is 0 Å². The fraction of sp³-hybridized carbons (Fsp3) is 0.516. The number of nitrogens with zero attached hydrogens (tertiary/aromatic N) is 1. The maximum Gasteiger partial charge on any atom is 0.305 e. The Hall–Kier alpha value is -2.95. The van der Waals surface area contributed by atoms with E-state index in [1.807, 2.05) is 24.3 Å². The van der Waals surface area contributed by atoms with Crippen LogP contribution < -0.4 is 0 Å². The third-order valence-electron chi connectivity index (χ3n) is 8.31. The first kappa shape index (κ1) is 24.7. The molecular formula is C31H37NO4. The lowest BCUT2D eigenvalue weighted by molar-refractivity contribution is -0.144. The van der Waals surface area contributed by atoms with Crippen LogP contribution in [-0.4, -0.2) is 35.8 Å². The van der Waals surface area contributed by atoms with Crippen LogP contribution in [0.25, 0.3) is 0 Å². The predicted molar refractivity (Wildman–Crippen MR) is 138 cm³/mol. The average molecular weight is 488 g/mol. The van der Waals surface area contributed by atoms with Crippen molar-refractivity contribution in [3.8, 4) is 0 Å². The van der Waals surface area contributed by atoms with Crippen LogP contribution in [0.1, 0.15) is 98.8 Å². The third kappa shape index (κ3) is 4.49. The summed E-state index contributed by atoms with van der Waals surface area (Å²) >= 11 is 0. The molecule has 1 saturated heterocycles. The first-order chi connectivity index (χ1) is 17.6. The first-order valence-corrected chi connectivity index (χ1v) is 13.8. The summed E-state index contributed by atoms with van der Waals surface area (Å²) in [6.45, 7) is 3.13. The molecule has 0 N–H and O–H groups in total. The number of likely N-dealkylation sites (tertiary alicyclic amines) is 1. The zero-order valence-electron chi connectivity index (χ0n) is 21.3. The van der Waals surface area contributed by atoms with E-state index < -0.39 is 0 Å². The van der Waals surface area contributed by atoms with Crippen LogP contribution >= 0.6 is 0 Å². The van der Waals surface area contributed by atoms with Crippen molar-refractivity contribution in [3.63, 3.8) is 0 Å². The Kier molecular flexibility index (Phi) is 7.54. The van der Waals surface area contributed by atoms with Gasteiger partial charge >= 0.3 is 5.97 Å². The Labute approximate surface area is 214 Å². The normalized spacial score (nSPS) is 23.4. The number of hydrogen-bond acceptors (Lipinski definition) is 4. The maximum atomic E-state index is 13.6. The molecule has 2 aromatic rings. The summed E-state index contributed by atoms with van der Waals surface area (Å²) in [5, 5.41) is 0. The van der Waals surface area contributed by atoms with E-state index in [1.54, 1.807) is 0 Å². The van der Waals surface area contributed by atoms with Crippen molar-refractivity contribution < 1.29 is 19.1 Å². The van der Waals surface area contributed by atoms with Crippen molar-refractivity contribution in [1.29, 1.82) is 0 Å². The molecule has 0 radical (unpaired) electrons. The van der Waals surface area contributed by atoms with Crippen molar-refractivity contribution in [3.05, 3.63) is 70.8 Å². The highest BCUT2D eigenvalue weighted by Gasteiger charge is 2.61. The van der Waals surface area contributed by atoms with E-state index in [-0.39, 0.29) is 41.5 Å². The molecule has 1 aliphatic heterocycles. The summed E-state index contributed by atoms with van der Waals surface area (Å²) in [4.78, 5) is 40.6. The van der Waals surface area contributed by atoms with Gasteiger partial charge in [-0.2, -0.15) is 0 Å². The predicted octanol–water partition coefficient (Wildman–Crippen LogP) is 5.95. The fourth-order valence-corrected chi connectivity index (χ4v) is 6.64. The topological polar surface area (TPSA) is 63.7 Å². The summed E-state index contributed by atoms with van der Waals surface area (Å²) in [7, 11) is 0. The molecule has 36 heavy (non-hydrogen) atoms. The Morgan fingerprint density at radius 2 is 1.22 bits per heavy atom. The zero-order chi connectivity index (χ0) is 25.1. The lowest BCUT2D eigenvalue weighted by atomic mass is 9.55. The average Bonchev–Trinajstić information content (AvgIpc) is 3.16. The van der Waals surface area contributed by atoms with E-state index in [4.69, 9.17) is 4.74 Å². The Bertz CT molecular complexity index is 1010. The van der Waals surface area contributed by atoms with Crippen LogP contribution in [0, 0.1) is 11.8 Å². The summed E-state index contributed by atoms with van der Waals surface area (Å²) < 4.78 is 5.33. The third-order valence-corrected chi connectivity index (χ3v) is 8.31. The van der Waals surface area contributed by atoms with E-state index in [1.165, 1.54) is 46.4 Å². The molecule has 0 spiro atoms. The Morgan fingerprint density at radius 3 is 1.75 bits per heavy atom. The molecule has 4 aliphatic rings. The minimum Gasteiger partial charge on any atom is -0.466 e. The quantitative estimate of drug-likeness (QED) is 0.211. The zero-order valence-corrected chi connectivity index (χ0v) is 21.3. The standard InChI is InChI=1S/C31H37NO4/c1-2-3-4-5-13-20-36-25(33)18-7-6-12-19-32-30(34)28-26-21-14-8-9-15-22(21)27(29(28)31(32)35)24-17-11-10-16-23(24)26/h8-11,14-17,26-29H,2-7,12-13,18-20H2,1H3. The van der Waals surface area contributed by atoms with Gasteiger partial charge in [0.25, 0.3) is 0 Å². The molecule has 6 rings (SSSR count). The Balaban J connectivity index is 1.15. The second kappa shape index (κ2) is 11.0. The SMILES string of the molecule is CCCCCCCOC(=O)CCCCCN1C(=O)C2C3c4ccccc4C(c4ccccc43)C2C1=O. The molecule has 190 valence electrons. The number of imide groups is 1. The molecule has 2 unspecified atom stereocenters. The number of unbranched alkanes of at least 4 members (excludes halogenated alkanes) is 6. The van der Waals surface area contributed by atoms with Crippen molar-refractivity contribution in [1.82, 2.24) is 4.90 Å². The summed E-state index contributed by atoms with van der Waals surface area (Å²) in [5.41, 5.74) is 4.81. The van der Waals surface area contributed by atoms with Gasteiger partial charge in [0.1, 0.15) is 0 Å². The van der Waals surface area contributed by atoms with E-state index in [2.05, 4.69) is 31.2 Å². The number of amides is 2. The molecule has 3 aliphatic carbocycles. The summed E-state index contributed by atoms with van der Waals surface area (Å²) in [6, 6.07) is 16.7. The molecule has 2 atom stereocenters. The van der Waals surface area contributed by atoms with Gasteiger partial charge in [0, 0.05) is 24.8 Å². The number of carbonyl (C=O) groups excluding carboxylic acids is 3. The van der Waals surface area contributed by atoms with E-state index >= 15 is 0 Å². The van der Waals surface area contributed by atoms with Gasteiger partial charge in [-0.05, 0) is 41.5 Å². The molecule has 2 aromatic carbocycles. The van der Waals surface area contributed by atoms with Gasteiger partial charge in [0.15, 0.2) is 0 Å². The van der Waals surface area contributed by atoms with Crippen LogP contribution in [0.3, 0.4) is 0 Å². The molecule has 2 bridgehead atoms. The molecule has 2 amide bonds. The van der Waals surface area contributed by atoms with Crippen LogP contribution in [0.4, 0.5) is 0 Å². The van der Waals surface area contributed by atoms with Crippen LogP contribution in [-0.2, 0) is 19.1 Å². The first-order valence-electron chi connectivity index (χ1n) is 13.8. The van der Waals surface area contributed by atoms with Gasteiger partial charge in [-0.3, -0.25) is 19.3 Å². The molecular weight excluding hydrogens is 450 g/mol. The smallest absolute Gasteiger partial charge is 0.305 e. The summed E-state index contributed by atoms with van der Waals surface area (Å²) in [5.74, 6) is -0.898. The second-order valence-corrected chi connectivity index (χ2v) is 10.5. The lowest BCUT2D eigenvalue weighted by Gasteiger charge is -2.45. The lowest BCUT2D eigenvalue weighted by Crippen LogP contribution is -2.41. The van der Waals surface area contributed by atoms with E-state index in [9.17, 15) is 14.4 Å². The minimum atomic E-state index is -0.306. The molecule has 0 saturated carbocycles. The van der Waals surface area contributed by atoms with Gasteiger partial charge in [-0.1, -0.05) is 87.6 Å². The number of benzene rings is 2. The van der Waals surface area contributed by atoms with Crippen molar-refractivity contribution in [2.45, 2.75) is 76.5 Å². The Morgan fingerprint density at radius 1 is 0.722 bits per heavy atom. The van der Waals surface area contributed by atoms with Crippen molar-refractivity contribution in [2.75, 3.05) is 13.2 Å². The molecule has 1 fully saturated rings. The number of esters is 1. The number of ether oxygens (including phenoxy) is 1. The highest BCUT2D eigenvalue weighted by atomic mass is 16.5. The second-order valence-electron chi connectivity index (χ2n) is 10.5. The fourth-order valence-electron chi connectivity index (χ4n) is 6.64. The van der Waals surface area contributed by atoms with Crippen molar-refractivity contribution in [2.24, 2.45) is 11.8 Å². The molecule has 1 heterocycles. The largest absolute Gasteiger partial charge is 0.466 e. The van der Waals surface area contributed by atoms with Crippen LogP contribution in [0.2, 0.25) is 0 Å². The van der Waals surface area contributed by atoms with Crippen LogP contribution in [0.15, 0.2) is 48.5 Å². The summed E-state index contributed by atoms with van der Waals surface area (Å²) in [6.07, 6.45) is 8.32. The number of hydrogen-bond donors (Lipinski definition) is 0.